The highest BCUT2D eigenvalue weighted by molar-refractivity contribution is 5.67. The van der Waals surface area contributed by atoms with Gasteiger partial charge in [-0.1, -0.05) is 19.3 Å². The Hall–Kier alpha value is -0.770. The van der Waals surface area contributed by atoms with Crippen LogP contribution in [-0.2, 0) is 4.74 Å². The van der Waals surface area contributed by atoms with Gasteiger partial charge in [0, 0.05) is 32.2 Å². The number of piperazine rings is 1. The SMILES string of the molecule is CCOC(=O)N1CCN(C2CCCCC2)CC1. The fourth-order valence-electron chi connectivity index (χ4n) is 2.93. The van der Waals surface area contributed by atoms with Crippen molar-refractivity contribution in [1.29, 1.82) is 0 Å². The lowest BCUT2D eigenvalue weighted by Gasteiger charge is -2.40. The second-order valence-corrected chi connectivity index (χ2v) is 5.01. The second-order valence-electron chi connectivity index (χ2n) is 5.01. The monoisotopic (exact) mass is 240 g/mol. The molecule has 0 spiro atoms. The molecule has 0 atom stereocenters. The van der Waals surface area contributed by atoms with E-state index in [1.807, 2.05) is 11.8 Å². The zero-order valence-electron chi connectivity index (χ0n) is 10.9. The minimum Gasteiger partial charge on any atom is -0.450 e. The molecule has 1 aliphatic heterocycles. The highest BCUT2D eigenvalue weighted by atomic mass is 16.6. The Morgan fingerprint density at radius 1 is 1.12 bits per heavy atom. The largest absolute Gasteiger partial charge is 0.450 e. The van der Waals surface area contributed by atoms with Gasteiger partial charge in [-0.15, -0.1) is 0 Å². The third kappa shape index (κ3) is 3.35. The molecule has 2 aliphatic rings. The van der Waals surface area contributed by atoms with Gasteiger partial charge in [0.25, 0.3) is 0 Å². The summed E-state index contributed by atoms with van der Waals surface area (Å²) in [5.74, 6) is 0. The molecule has 0 bridgehead atoms. The zero-order valence-corrected chi connectivity index (χ0v) is 10.9. The average molecular weight is 240 g/mol. The number of ether oxygens (including phenoxy) is 1. The topological polar surface area (TPSA) is 32.8 Å². The third-order valence-electron chi connectivity index (χ3n) is 3.93. The maximum atomic E-state index is 11.6. The van der Waals surface area contributed by atoms with Crippen LogP contribution in [0.4, 0.5) is 4.79 Å². The van der Waals surface area contributed by atoms with Gasteiger partial charge in [0.05, 0.1) is 6.61 Å². The van der Waals surface area contributed by atoms with E-state index >= 15 is 0 Å². The molecular weight excluding hydrogens is 216 g/mol. The van der Waals surface area contributed by atoms with Crippen molar-refractivity contribution in [3.05, 3.63) is 0 Å². The Balaban J connectivity index is 1.75. The van der Waals surface area contributed by atoms with E-state index in [1.54, 1.807) is 0 Å². The molecular formula is C13H24N2O2. The van der Waals surface area contributed by atoms with E-state index in [2.05, 4.69) is 4.90 Å². The minimum atomic E-state index is -0.143. The lowest BCUT2D eigenvalue weighted by Crippen LogP contribution is -2.52. The fourth-order valence-corrected chi connectivity index (χ4v) is 2.93. The molecule has 0 radical (unpaired) electrons. The molecule has 4 heteroatoms. The van der Waals surface area contributed by atoms with Gasteiger partial charge in [-0.3, -0.25) is 4.90 Å². The Labute approximate surface area is 104 Å². The summed E-state index contributed by atoms with van der Waals surface area (Å²) >= 11 is 0. The van der Waals surface area contributed by atoms with E-state index in [9.17, 15) is 4.79 Å². The van der Waals surface area contributed by atoms with Crippen molar-refractivity contribution < 1.29 is 9.53 Å². The van der Waals surface area contributed by atoms with Crippen LogP contribution in [0.2, 0.25) is 0 Å². The van der Waals surface area contributed by atoms with Crippen LogP contribution in [0.1, 0.15) is 39.0 Å². The standard InChI is InChI=1S/C13H24N2O2/c1-2-17-13(16)15-10-8-14(9-11-15)12-6-4-3-5-7-12/h12H,2-11H2,1H3. The number of hydrogen-bond donors (Lipinski definition) is 0. The van der Waals surface area contributed by atoms with Crippen LogP contribution in [0.25, 0.3) is 0 Å². The quantitative estimate of drug-likeness (QED) is 0.741. The Bertz CT molecular complexity index is 244. The maximum Gasteiger partial charge on any atom is 0.409 e. The van der Waals surface area contributed by atoms with Gasteiger partial charge in [0.2, 0.25) is 0 Å². The summed E-state index contributed by atoms with van der Waals surface area (Å²) < 4.78 is 5.03. The van der Waals surface area contributed by atoms with Crippen molar-refractivity contribution in [3.8, 4) is 0 Å². The summed E-state index contributed by atoms with van der Waals surface area (Å²) in [7, 11) is 0. The highest BCUT2D eigenvalue weighted by Crippen LogP contribution is 2.23. The molecule has 1 amide bonds. The number of rotatable bonds is 2. The molecule has 17 heavy (non-hydrogen) atoms. The predicted octanol–water partition coefficient (Wildman–Crippen LogP) is 2.09. The molecule has 4 nitrogen and oxygen atoms in total. The summed E-state index contributed by atoms with van der Waals surface area (Å²) in [6.07, 6.45) is 6.71. The number of amides is 1. The lowest BCUT2D eigenvalue weighted by atomic mass is 9.94. The first kappa shape index (κ1) is 12.7. The third-order valence-corrected chi connectivity index (χ3v) is 3.93. The van der Waals surface area contributed by atoms with Crippen LogP contribution in [0.15, 0.2) is 0 Å². The molecule has 1 saturated heterocycles. The predicted molar refractivity (Wildman–Crippen MR) is 67.0 cm³/mol. The van der Waals surface area contributed by atoms with Crippen LogP contribution in [-0.4, -0.2) is 54.7 Å². The molecule has 0 N–H and O–H groups in total. The summed E-state index contributed by atoms with van der Waals surface area (Å²) in [5, 5.41) is 0. The summed E-state index contributed by atoms with van der Waals surface area (Å²) in [6, 6.07) is 0.771. The first-order chi connectivity index (χ1) is 8.31. The Kier molecular flexibility index (Phi) is 4.66. The van der Waals surface area contributed by atoms with Crippen LogP contribution in [0, 0.1) is 0 Å². The molecule has 1 saturated carbocycles. The molecule has 1 aliphatic carbocycles. The smallest absolute Gasteiger partial charge is 0.409 e. The van der Waals surface area contributed by atoms with E-state index in [0.717, 1.165) is 32.2 Å². The molecule has 1 heterocycles. The van der Waals surface area contributed by atoms with Crippen molar-refractivity contribution in [2.45, 2.75) is 45.1 Å². The van der Waals surface area contributed by atoms with Crippen LogP contribution in [0.3, 0.4) is 0 Å². The average Bonchev–Trinajstić information content (AvgIpc) is 2.40. The van der Waals surface area contributed by atoms with E-state index in [4.69, 9.17) is 4.74 Å². The number of hydrogen-bond acceptors (Lipinski definition) is 3. The first-order valence-corrected chi connectivity index (χ1v) is 6.97. The van der Waals surface area contributed by atoms with Crippen molar-refractivity contribution in [3.63, 3.8) is 0 Å². The Morgan fingerprint density at radius 3 is 2.35 bits per heavy atom. The molecule has 0 aromatic heterocycles. The number of nitrogens with zero attached hydrogens (tertiary/aromatic N) is 2. The van der Waals surface area contributed by atoms with Gasteiger partial charge >= 0.3 is 6.09 Å². The van der Waals surface area contributed by atoms with E-state index < -0.39 is 0 Å². The van der Waals surface area contributed by atoms with Gasteiger partial charge in [0.15, 0.2) is 0 Å². The summed E-state index contributed by atoms with van der Waals surface area (Å²) in [4.78, 5) is 16.0. The van der Waals surface area contributed by atoms with Crippen LogP contribution in [0.5, 0.6) is 0 Å². The number of carbonyl (C=O) groups excluding carboxylic acids is 1. The maximum absolute atomic E-state index is 11.6. The van der Waals surface area contributed by atoms with Crippen molar-refractivity contribution in [2.24, 2.45) is 0 Å². The van der Waals surface area contributed by atoms with E-state index in [0.29, 0.717) is 6.61 Å². The van der Waals surface area contributed by atoms with E-state index in [1.165, 1.54) is 32.1 Å². The lowest BCUT2D eigenvalue weighted by molar-refractivity contribution is 0.0581. The van der Waals surface area contributed by atoms with Crippen LogP contribution < -0.4 is 0 Å². The Morgan fingerprint density at radius 2 is 1.76 bits per heavy atom. The van der Waals surface area contributed by atoms with Gasteiger partial charge in [-0.2, -0.15) is 0 Å². The zero-order chi connectivity index (χ0) is 12.1. The molecule has 0 unspecified atom stereocenters. The normalized spacial score (nSPS) is 23.7. The molecule has 98 valence electrons. The first-order valence-electron chi connectivity index (χ1n) is 6.97. The molecule has 2 fully saturated rings. The van der Waals surface area contributed by atoms with Gasteiger partial charge in [-0.05, 0) is 19.8 Å². The second kappa shape index (κ2) is 6.24. The molecule has 2 rings (SSSR count). The fraction of sp³-hybridized carbons (Fsp3) is 0.923. The number of carbonyl (C=O) groups is 1. The highest BCUT2D eigenvalue weighted by Gasteiger charge is 2.27. The van der Waals surface area contributed by atoms with Crippen LogP contribution >= 0.6 is 0 Å². The summed E-state index contributed by atoms with van der Waals surface area (Å²) in [5.41, 5.74) is 0. The van der Waals surface area contributed by atoms with E-state index in [-0.39, 0.29) is 6.09 Å². The van der Waals surface area contributed by atoms with Gasteiger partial charge in [-0.25, -0.2) is 4.79 Å². The molecule has 0 aromatic rings. The van der Waals surface area contributed by atoms with Gasteiger partial charge in [0.1, 0.15) is 0 Å². The minimum absolute atomic E-state index is 0.143. The van der Waals surface area contributed by atoms with Crippen molar-refractivity contribution in [1.82, 2.24) is 9.80 Å². The van der Waals surface area contributed by atoms with Gasteiger partial charge < -0.3 is 9.64 Å². The van der Waals surface area contributed by atoms with Crippen molar-refractivity contribution >= 4 is 6.09 Å². The van der Waals surface area contributed by atoms with Crippen molar-refractivity contribution in [2.75, 3.05) is 32.8 Å². The summed E-state index contributed by atoms with van der Waals surface area (Å²) in [6.45, 7) is 6.02. The molecule has 0 aromatic carbocycles.